The van der Waals surface area contributed by atoms with Crippen molar-refractivity contribution in [1.82, 2.24) is 0 Å². The van der Waals surface area contributed by atoms with E-state index in [-0.39, 0.29) is 11.3 Å². The highest BCUT2D eigenvalue weighted by Crippen LogP contribution is 2.23. The topological polar surface area (TPSA) is 61.1 Å². The van der Waals surface area contributed by atoms with Gasteiger partial charge in [0.2, 0.25) is 0 Å². The highest BCUT2D eigenvalue weighted by molar-refractivity contribution is 5.99. The van der Waals surface area contributed by atoms with Gasteiger partial charge in [0.1, 0.15) is 23.2 Å². The van der Waals surface area contributed by atoms with Gasteiger partial charge in [-0.1, -0.05) is 0 Å². The van der Waals surface area contributed by atoms with Gasteiger partial charge >= 0.3 is 0 Å². The number of rotatable bonds is 1. The van der Waals surface area contributed by atoms with Gasteiger partial charge in [-0.2, -0.15) is 5.26 Å². The summed E-state index contributed by atoms with van der Waals surface area (Å²) in [5.74, 6) is -1.70. The number of phenols is 1. The molecule has 0 heterocycles. The van der Waals surface area contributed by atoms with Crippen molar-refractivity contribution in [3.05, 3.63) is 29.1 Å². The third-order valence-electron chi connectivity index (χ3n) is 1.60. The molecule has 0 radical (unpaired) electrons. The molecule has 0 aromatic heterocycles. The number of carbonyl (C=O) groups is 1. The molecule has 1 rings (SSSR count). The van der Waals surface area contributed by atoms with Crippen LogP contribution in [0.3, 0.4) is 0 Å². The van der Waals surface area contributed by atoms with Crippen LogP contribution < -0.4 is 0 Å². The Kier molecular flexibility index (Phi) is 2.29. The second-order valence-electron chi connectivity index (χ2n) is 2.48. The average Bonchev–Trinajstić information content (AvgIpc) is 2.07. The minimum absolute atomic E-state index is 0.262. The maximum atomic E-state index is 12.9. The van der Waals surface area contributed by atoms with Crippen LogP contribution in [0.15, 0.2) is 12.1 Å². The Morgan fingerprint density at radius 2 is 2.23 bits per heavy atom. The summed E-state index contributed by atoms with van der Waals surface area (Å²) in [5.41, 5.74) is -0.671. The van der Waals surface area contributed by atoms with E-state index >= 15 is 0 Å². The molecule has 0 saturated carbocycles. The quantitative estimate of drug-likeness (QED) is 0.666. The van der Waals surface area contributed by atoms with Crippen LogP contribution in [-0.2, 0) is 0 Å². The van der Waals surface area contributed by atoms with Crippen LogP contribution in [0.1, 0.15) is 22.8 Å². The van der Waals surface area contributed by atoms with Crippen LogP contribution >= 0.6 is 0 Å². The molecule has 4 heteroatoms. The molecule has 0 atom stereocenters. The molecule has 1 aromatic carbocycles. The summed E-state index contributed by atoms with van der Waals surface area (Å²) in [4.78, 5) is 10.9. The number of halogens is 1. The highest BCUT2D eigenvalue weighted by Gasteiger charge is 2.16. The number of nitriles is 1. The molecule has 0 fully saturated rings. The van der Waals surface area contributed by atoms with E-state index in [1.165, 1.54) is 6.07 Å². The van der Waals surface area contributed by atoms with E-state index in [4.69, 9.17) is 5.26 Å². The van der Waals surface area contributed by atoms with Crippen LogP contribution in [0.2, 0.25) is 0 Å². The number of hydrogen-bond acceptors (Lipinski definition) is 3. The van der Waals surface area contributed by atoms with Crippen molar-refractivity contribution in [3.8, 4) is 11.8 Å². The standard InChI is InChI=1S/C9H6FNO2/c1-5(12)9-6(4-11)7(10)2-3-8(9)13/h2-3,13H,1H3. The second kappa shape index (κ2) is 3.23. The van der Waals surface area contributed by atoms with Gasteiger partial charge < -0.3 is 5.11 Å². The Labute approximate surface area is 74.0 Å². The average molecular weight is 179 g/mol. The summed E-state index contributed by atoms with van der Waals surface area (Å²) >= 11 is 0. The molecule has 0 amide bonds. The first kappa shape index (κ1) is 9.20. The number of phenolic OH excluding ortho intramolecular Hbond substituents is 1. The molecule has 0 saturated heterocycles. The molecule has 0 aliphatic heterocycles. The lowest BCUT2D eigenvalue weighted by molar-refractivity contribution is 0.101. The molecule has 0 spiro atoms. The van der Waals surface area contributed by atoms with Crippen LogP contribution in [0.4, 0.5) is 4.39 Å². The minimum atomic E-state index is -0.800. The number of ketones is 1. The fraction of sp³-hybridized carbons (Fsp3) is 0.111. The number of nitrogens with zero attached hydrogens (tertiary/aromatic N) is 1. The van der Waals surface area contributed by atoms with E-state index in [0.29, 0.717) is 0 Å². The number of benzene rings is 1. The van der Waals surface area contributed by atoms with Gasteiger partial charge in [-0.05, 0) is 19.1 Å². The van der Waals surface area contributed by atoms with Gasteiger partial charge in [0.15, 0.2) is 5.78 Å². The summed E-state index contributed by atoms with van der Waals surface area (Å²) in [6.45, 7) is 1.16. The summed E-state index contributed by atoms with van der Waals surface area (Å²) in [6, 6.07) is 3.52. The zero-order valence-corrected chi connectivity index (χ0v) is 6.84. The summed E-state index contributed by atoms with van der Waals surface area (Å²) in [7, 11) is 0. The van der Waals surface area contributed by atoms with Crippen LogP contribution in [0, 0.1) is 17.1 Å². The molecule has 0 aliphatic rings. The minimum Gasteiger partial charge on any atom is -0.507 e. The summed E-state index contributed by atoms with van der Waals surface area (Å²) in [6.07, 6.45) is 0. The second-order valence-corrected chi connectivity index (χ2v) is 2.48. The van der Waals surface area contributed by atoms with Crippen molar-refractivity contribution in [2.75, 3.05) is 0 Å². The lowest BCUT2D eigenvalue weighted by Gasteiger charge is -2.02. The van der Waals surface area contributed by atoms with Crippen molar-refractivity contribution in [2.45, 2.75) is 6.92 Å². The molecule has 1 aromatic rings. The van der Waals surface area contributed by atoms with Crippen molar-refractivity contribution in [1.29, 1.82) is 5.26 Å². The normalized spacial score (nSPS) is 9.31. The molecule has 66 valence electrons. The van der Waals surface area contributed by atoms with Gasteiger partial charge in [-0.15, -0.1) is 0 Å². The molecular formula is C9H6FNO2. The van der Waals surface area contributed by atoms with E-state index in [1.807, 2.05) is 0 Å². The molecule has 1 N–H and O–H groups in total. The Hall–Kier alpha value is -1.89. The molecule has 0 bridgehead atoms. The van der Waals surface area contributed by atoms with Crippen LogP contribution in [0.25, 0.3) is 0 Å². The first-order valence-electron chi connectivity index (χ1n) is 3.50. The monoisotopic (exact) mass is 179 g/mol. The van der Waals surface area contributed by atoms with E-state index in [9.17, 15) is 14.3 Å². The van der Waals surface area contributed by atoms with Gasteiger partial charge in [0, 0.05) is 0 Å². The number of hydrogen-bond donors (Lipinski definition) is 1. The first-order valence-corrected chi connectivity index (χ1v) is 3.50. The molecular weight excluding hydrogens is 173 g/mol. The molecule has 3 nitrogen and oxygen atoms in total. The zero-order valence-electron chi connectivity index (χ0n) is 6.84. The number of carbonyl (C=O) groups excluding carboxylic acids is 1. The Morgan fingerprint density at radius 3 is 2.62 bits per heavy atom. The summed E-state index contributed by atoms with van der Waals surface area (Å²) < 4.78 is 12.9. The predicted molar refractivity (Wildman–Crippen MR) is 42.8 cm³/mol. The van der Waals surface area contributed by atoms with Gasteiger partial charge in [0.25, 0.3) is 0 Å². The fourth-order valence-corrected chi connectivity index (χ4v) is 1.03. The Bertz CT molecular complexity index is 407. The maximum Gasteiger partial charge on any atom is 0.164 e. The zero-order chi connectivity index (χ0) is 10.0. The maximum absolute atomic E-state index is 12.9. The SMILES string of the molecule is CC(=O)c1c(O)ccc(F)c1C#N. The highest BCUT2D eigenvalue weighted by atomic mass is 19.1. The van der Waals surface area contributed by atoms with E-state index in [1.54, 1.807) is 0 Å². The lowest BCUT2D eigenvalue weighted by Crippen LogP contribution is -1.99. The van der Waals surface area contributed by atoms with Crippen molar-refractivity contribution in [3.63, 3.8) is 0 Å². The first-order chi connectivity index (χ1) is 6.07. The van der Waals surface area contributed by atoms with Gasteiger partial charge in [0.05, 0.1) is 5.56 Å². The molecule has 13 heavy (non-hydrogen) atoms. The van der Waals surface area contributed by atoms with Gasteiger partial charge in [-0.25, -0.2) is 4.39 Å². The Balaban J connectivity index is 3.55. The van der Waals surface area contributed by atoms with Crippen LogP contribution in [0.5, 0.6) is 5.75 Å². The van der Waals surface area contributed by atoms with Gasteiger partial charge in [-0.3, -0.25) is 4.79 Å². The van der Waals surface area contributed by atoms with Crippen molar-refractivity contribution in [2.24, 2.45) is 0 Å². The van der Waals surface area contributed by atoms with Crippen molar-refractivity contribution >= 4 is 5.78 Å². The smallest absolute Gasteiger partial charge is 0.164 e. The van der Waals surface area contributed by atoms with Crippen LogP contribution in [-0.4, -0.2) is 10.9 Å². The summed E-state index contributed by atoms with van der Waals surface area (Å²) in [5, 5.41) is 17.7. The lowest BCUT2D eigenvalue weighted by atomic mass is 10.0. The number of Topliss-reactive ketones (excluding diaryl/α,β-unsaturated/α-hetero) is 1. The van der Waals surface area contributed by atoms with E-state index in [0.717, 1.165) is 19.1 Å². The third-order valence-corrected chi connectivity index (χ3v) is 1.60. The third kappa shape index (κ3) is 1.49. The van der Waals surface area contributed by atoms with Crippen molar-refractivity contribution < 1.29 is 14.3 Å². The Morgan fingerprint density at radius 1 is 1.62 bits per heavy atom. The van der Waals surface area contributed by atoms with E-state index < -0.39 is 17.2 Å². The predicted octanol–water partition coefficient (Wildman–Crippen LogP) is 1.61. The van der Waals surface area contributed by atoms with E-state index in [2.05, 4.69) is 0 Å². The fourth-order valence-electron chi connectivity index (χ4n) is 1.03. The molecule has 0 unspecified atom stereocenters. The molecule has 0 aliphatic carbocycles. The largest absolute Gasteiger partial charge is 0.507 e. The number of aromatic hydroxyl groups is 1.